The highest BCUT2D eigenvalue weighted by Gasteiger charge is 2.23. The summed E-state index contributed by atoms with van der Waals surface area (Å²) in [6.45, 7) is 3.45. The third-order valence-electron chi connectivity index (χ3n) is 11.0. The van der Waals surface area contributed by atoms with Crippen molar-refractivity contribution in [2.24, 2.45) is 0 Å². The molecule has 0 saturated carbocycles. The van der Waals surface area contributed by atoms with Gasteiger partial charge in [0, 0.05) is 19.4 Å². The number of hydrogen-bond donors (Lipinski definition) is 3. The van der Waals surface area contributed by atoms with E-state index in [1.807, 2.05) is 0 Å². The SMILES string of the molecule is CC/C=C\C/C=C\C/C=C\C/C=C\C/C=C\CCCCCCCC(=O)NCCOP(=O)(O)OCC(O)COC(=O)CCCCCCCCCCCCCCCCCCCCCCC. The maximum atomic E-state index is 12.2. The Kier molecular flexibility index (Phi) is 47.4. The third kappa shape index (κ3) is 50.6. The van der Waals surface area contributed by atoms with Crippen LogP contribution >= 0.6 is 7.82 Å². The molecule has 0 fully saturated rings. The Labute approximate surface area is 387 Å². The van der Waals surface area contributed by atoms with Crippen LogP contribution in [-0.2, 0) is 27.9 Å². The summed E-state index contributed by atoms with van der Waals surface area (Å²) in [7, 11) is -4.43. The average molecular weight is 906 g/mol. The number of unbranched alkanes of at least 4 members (excludes halogenated alkanes) is 25. The minimum atomic E-state index is -4.43. The molecular weight excluding hydrogens is 810 g/mol. The fraction of sp³-hybridized carbons (Fsp3) is 0.774. The number of hydrogen-bond acceptors (Lipinski definition) is 7. The van der Waals surface area contributed by atoms with E-state index in [1.54, 1.807) is 0 Å². The van der Waals surface area contributed by atoms with E-state index < -0.39 is 26.5 Å². The van der Waals surface area contributed by atoms with Crippen LogP contribution in [-0.4, -0.2) is 54.3 Å². The average Bonchev–Trinajstić information content (AvgIpc) is 3.27. The molecule has 0 aliphatic rings. The first-order valence-corrected chi connectivity index (χ1v) is 27.3. The Balaban J connectivity index is 3.58. The number of aliphatic hydroxyl groups is 1. The largest absolute Gasteiger partial charge is 0.472 e. The summed E-state index contributed by atoms with van der Waals surface area (Å²) < 4.78 is 27.0. The zero-order chi connectivity index (χ0) is 46.0. The highest BCUT2D eigenvalue weighted by Crippen LogP contribution is 2.42. The Bertz CT molecular complexity index is 1220. The summed E-state index contributed by atoms with van der Waals surface area (Å²) in [5.41, 5.74) is 0. The van der Waals surface area contributed by atoms with Gasteiger partial charge < -0.3 is 20.1 Å². The Morgan fingerprint density at radius 3 is 1.37 bits per heavy atom. The molecule has 366 valence electrons. The molecule has 0 rings (SSSR count). The number of carbonyl (C=O) groups excluding carboxylic acids is 2. The van der Waals surface area contributed by atoms with Crippen molar-refractivity contribution >= 4 is 19.7 Å². The smallest absolute Gasteiger partial charge is 0.463 e. The van der Waals surface area contributed by atoms with E-state index in [0.29, 0.717) is 6.42 Å². The maximum Gasteiger partial charge on any atom is 0.472 e. The van der Waals surface area contributed by atoms with Gasteiger partial charge in [0.1, 0.15) is 12.7 Å². The molecular formula is C53H96NO8P. The summed E-state index contributed by atoms with van der Waals surface area (Å²) in [6.07, 6.45) is 60.2. The van der Waals surface area contributed by atoms with Crippen LogP contribution < -0.4 is 5.32 Å². The van der Waals surface area contributed by atoms with Gasteiger partial charge in [-0.2, -0.15) is 0 Å². The molecule has 0 radical (unpaired) electrons. The molecule has 2 unspecified atom stereocenters. The van der Waals surface area contributed by atoms with Crippen LogP contribution in [0.5, 0.6) is 0 Å². The lowest BCUT2D eigenvalue weighted by Crippen LogP contribution is -2.27. The van der Waals surface area contributed by atoms with Crippen molar-refractivity contribution in [3.63, 3.8) is 0 Å². The molecule has 9 nitrogen and oxygen atoms in total. The Morgan fingerprint density at radius 2 is 0.905 bits per heavy atom. The molecule has 0 aliphatic heterocycles. The van der Waals surface area contributed by atoms with Gasteiger partial charge in [0.2, 0.25) is 5.91 Å². The van der Waals surface area contributed by atoms with E-state index in [2.05, 4.69) is 79.9 Å². The lowest BCUT2D eigenvalue weighted by molar-refractivity contribution is -0.147. The van der Waals surface area contributed by atoms with Gasteiger partial charge in [-0.15, -0.1) is 0 Å². The normalized spacial score (nSPS) is 13.7. The minimum Gasteiger partial charge on any atom is -0.463 e. The highest BCUT2D eigenvalue weighted by molar-refractivity contribution is 7.47. The van der Waals surface area contributed by atoms with Crippen molar-refractivity contribution in [1.82, 2.24) is 5.32 Å². The first-order chi connectivity index (χ1) is 30.8. The first-order valence-electron chi connectivity index (χ1n) is 25.8. The Morgan fingerprint density at radius 1 is 0.508 bits per heavy atom. The second kappa shape index (κ2) is 49.2. The predicted octanol–water partition coefficient (Wildman–Crippen LogP) is 15.2. The Hall–Kier alpha value is -2.29. The second-order valence-electron chi connectivity index (χ2n) is 17.1. The molecule has 0 heterocycles. The predicted molar refractivity (Wildman–Crippen MR) is 266 cm³/mol. The van der Waals surface area contributed by atoms with Crippen molar-refractivity contribution in [2.45, 2.75) is 238 Å². The second-order valence-corrected chi connectivity index (χ2v) is 18.6. The molecule has 3 N–H and O–H groups in total. The quantitative estimate of drug-likeness (QED) is 0.0238. The third-order valence-corrected chi connectivity index (χ3v) is 11.9. The van der Waals surface area contributed by atoms with E-state index in [-0.39, 0.29) is 32.1 Å². The topological polar surface area (TPSA) is 131 Å². The van der Waals surface area contributed by atoms with Gasteiger partial charge in [-0.3, -0.25) is 18.6 Å². The van der Waals surface area contributed by atoms with Crippen LogP contribution in [0.2, 0.25) is 0 Å². The number of phosphoric ester groups is 1. The van der Waals surface area contributed by atoms with E-state index in [1.165, 1.54) is 116 Å². The molecule has 0 aromatic heterocycles. The molecule has 0 bridgehead atoms. The lowest BCUT2D eigenvalue weighted by Gasteiger charge is -2.15. The van der Waals surface area contributed by atoms with Crippen molar-refractivity contribution in [3.8, 4) is 0 Å². The van der Waals surface area contributed by atoms with E-state index >= 15 is 0 Å². The zero-order valence-electron chi connectivity index (χ0n) is 40.5. The number of phosphoric acid groups is 1. The van der Waals surface area contributed by atoms with Crippen LogP contribution in [0, 0.1) is 0 Å². The van der Waals surface area contributed by atoms with E-state index in [9.17, 15) is 24.2 Å². The standard InChI is InChI=1S/C53H96NO8P/c1-3-5-7-9-11-13-15-17-19-21-23-25-27-29-31-33-35-37-39-41-43-45-52(56)54-47-48-61-63(58,59)62-50-51(55)49-60-53(57)46-44-42-40-38-36-34-32-30-28-26-24-22-20-18-16-14-12-10-8-6-4-2/h5,7,11,13,17,19,23,25,29,31,51,55H,3-4,6,8-10,12,14-16,18,20-22,24,26-28,30,32-50H2,1-2H3,(H,54,56)(H,58,59)/b7-5-,13-11-,19-17-,25-23-,31-29-. The van der Waals surface area contributed by atoms with Gasteiger partial charge in [0.25, 0.3) is 0 Å². The summed E-state index contributed by atoms with van der Waals surface area (Å²) in [5.74, 6) is -0.530. The van der Waals surface area contributed by atoms with Gasteiger partial charge in [-0.05, 0) is 57.8 Å². The summed E-state index contributed by atoms with van der Waals surface area (Å²) >= 11 is 0. The van der Waals surface area contributed by atoms with E-state index in [0.717, 1.165) is 89.9 Å². The molecule has 0 saturated heterocycles. The van der Waals surface area contributed by atoms with Crippen molar-refractivity contribution in [3.05, 3.63) is 60.8 Å². The first kappa shape index (κ1) is 60.7. The molecule has 63 heavy (non-hydrogen) atoms. The minimum absolute atomic E-state index is 0.0691. The van der Waals surface area contributed by atoms with Crippen LogP contribution in [0.1, 0.15) is 232 Å². The number of carbonyl (C=O) groups is 2. The number of ether oxygens (including phenoxy) is 1. The van der Waals surface area contributed by atoms with Gasteiger partial charge in [0.15, 0.2) is 0 Å². The molecule has 2 atom stereocenters. The van der Waals surface area contributed by atoms with Crippen LogP contribution in [0.25, 0.3) is 0 Å². The molecule has 1 amide bonds. The van der Waals surface area contributed by atoms with Crippen LogP contribution in [0.3, 0.4) is 0 Å². The number of rotatable bonds is 48. The fourth-order valence-electron chi connectivity index (χ4n) is 7.11. The molecule has 0 aliphatic carbocycles. The monoisotopic (exact) mass is 906 g/mol. The van der Waals surface area contributed by atoms with Crippen molar-refractivity contribution in [2.75, 3.05) is 26.4 Å². The molecule has 0 aromatic carbocycles. The molecule has 0 aromatic rings. The molecule has 10 heteroatoms. The number of allylic oxidation sites excluding steroid dienone is 10. The van der Waals surface area contributed by atoms with Gasteiger partial charge in [-0.25, -0.2) is 4.57 Å². The summed E-state index contributed by atoms with van der Waals surface area (Å²) in [4.78, 5) is 34.1. The van der Waals surface area contributed by atoms with Gasteiger partial charge in [0.05, 0.1) is 13.2 Å². The number of esters is 1. The van der Waals surface area contributed by atoms with Crippen molar-refractivity contribution in [1.29, 1.82) is 0 Å². The molecule has 0 spiro atoms. The number of amides is 1. The van der Waals surface area contributed by atoms with Gasteiger partial charge in [-0.1, -0.05) is 222 Å². The van der Waals surface area contributed by atoms with Gasteiger partial charge >= 0.3 is 13.8 Å². The van der Waals surface area contributed by atoms with Crippen LogP contribution in [0.4, 0.5) is 0 Å². The highest BCUT2D eigenvalue weighted by atomic mass is 31.2. The number of aliphatic hydroxyl groups excluding tert-OH is 1. The summed E-state index contributed by atoms with van der Waals surface area (Å²) in [5, 5.41) is 12.7. The fourth-order valence-corrected chi connectivity index (χ4v) is 7.87. The lowest BCUT2D eigenvalue weighted by atomic mass is 10.0. The summed E-state index contributed by atoms with van der Waals surface area (Å²) in [6, 6.07) is 0. The maximum absolute atomic E-state index is 12.2. The van der Waals surface area contributed by atoms with Crippen molar-refractivity contribution < 1.29 is 37.9 Å². The van der Waals surface area contributed by atoms with Crippen LogP contribution in [0.15, 0.2) is 60.8 Å². The number of nitrogens with one attached hydrogen (secondary N) is 1. The zero-order valence-corrected chi connectivity index (χ0v) is 41.4. The van der Waals surface area contributed by atoms with E-state index in [4.69, 9.17) is 13.8 Å².